The van der Waals surface area contributed by atoms with Gasteiger partial charge in [-0.25, -0.2) is 13.1 Å². The fourth-order valence-corrected chi connectivity index (χ4v) is 2.66. The van der Waals surface area contributed by atoms with Crippen molar-refractivity contribution >= 4 is 10.0 Å². The van der Waals surface area contributed by atoms with Gasteiger partial charge in [0.2, 0.25) is 10.0 Å². The molecule has 0 unspecified atom stereocenters. The first-order valence-corrected chi connectivity index (χ1v) is 6.34. The van der Waals surface area contributed by atoms with Gasteiger partial charge in [0.1, 0.15) is 0 Å². The van der Waals surface area contributed by atoms with Gasteiger partial charge in [0.25, 0.3) is 0 Å². The topological polar surface area (TPSA) is 46.2 Å². The van der Waals surface area contributed by atoms with Gasteiger partial charge in [0.05, 0.1) is 6.26 Å². The molecule has 1 rings (SSSR count). The molecule has 12 heavy (non-hydrogen) atoms. The summed E-state index contributed by atoms with van der Waals surface area (Å²) in [7, 11) is -3.00. The van der Waals surface area contributed by atoms with Crippen molar-refractivity contribution in [2.24, 2.45) is 5.92 Å². The van der Waals surface area contributed by atoms with Crippen molar-refractivity contribution in [2.75, 3.05) is 6.26 Å². The number of sulfonamides is 1. The van der Waals surface area contributed by atoms with Crippen molar-refractivity contribution in [2.45, 2.75) is 38.6 Å². The molecule has 4 heteroatoms. The van der Waals surface area contributed by atoms with Crippen LogP contribution in [0.2, 0.25) is 0 Å². The van der Waals surface area contributed by atoms with E-state index in [-0.39, 0.29) is 6.04 Å². The maximum absolute atomic E-state index is 10.9. The van der Waals surface area contributed by atoms with Crippen molar-refractivity contribution in [3.8, 4) is 0 Å². The summed E-state index contributed by atoms with van der Waals surface area (Å²) in [5.41, 5.74) is 0. The Morgan fingerprint density at radius 1 is 1.33 bits per heavy atom. The summed E-state index contributed by atoms with van der Waals surface area (Å²) >= 11 is 0. The molecule has 72 valence electrons. The molecule has 0 heterocycles. The highest BCUT2D eigenvalue weighted by Gasteiger charge is 2.20. The summed E-state index contributed by atoms with van der Waals surface area (Å²) in [6.07, 6.45) is 5.60. The molecule has 0 bridgehead atoms. The van der Waals surface area contributed by atoms with Crippen LogP contribution in [0.25, 0.3) is 0 Å². The summed E-state index contributed by atoms with van der Waals surface area (Å²) in [5, 5.41) is 0. The van der Waals surface area contributed by atoms with Gasteiger partial charge in [-0.2, -0.15) is 0 Å². The van der Waals surface area contributed by atoms with E-state index in [0.717, 1.165) is 19.3 Å². The number of nitrogens with one attached hydrogen (secondary N) is 1. The normalized spacial score (nSPS) is 31.8. The van der Waals surface area contributed by atoms with Crippen LogP contribution in [-0.4, -0.2) is 20.7 Å². The highest BCUT2D eigenvalue weighted by molar-refractivity contribution is 7.88. The second kappa shape index (κ2) is 3.75. The minimum atomic E-state index is -3.00. The van der Waals surface area contributed by atoms with Crippen molar-refractivity contribution in [3.05, 3.63) is 0 Å². The van der Waals surface area contributed by atoms with E-state index in [2.05, 4.69) is 11.6 Å². The average molecular weight is 191 g/mol. The van der Waals surface area contributed by atoms with Crippen LogP contribution in [0.1, 0.15) is 32.6 Å². The van der Waals surface area contributed by atoms with E-state index in [1.165, 1.54) is 12.7 Å². The van der Waals surface area contributed by atoms with Crippen LogP contribution < -0.4 is 4.72 Å². The Morgan fingerprint density at radius 2 is 2.00 bits per heavy atom. The third-order valence-electron chi connectivity index (χ3n) is 2.32. The van der Waals surface area contributed by atoms with Crippen LogP contribution >= 0.6 is 0 Å². The predicted molar refractivity (Wildman–Crippen MR) is 49.4 cm³/mol. The van der Waals surface area contributed by atoms with Crippen LogP contribution in [-0.2, 0) is 10.0 Å². The zero-order chi connectivity index (χ0) is 9.19. The molecule has 0 amide bonds. The van der Waals surface area contributed by atoms with Gasteiger partial charge in [-0.3, -0.25) is 0 Å². The van der Waals surface area contributed by atoms with E-state index in [9.17, 15) is 8.42 Å². The van der Waals surface area contributed by atoms with Gasteiger partial charge < -0.3 is 0 Å². The first kappa shape index (κ1) is 9.99. The van der Waals surface area contributed by atoms with Gasteiger partial charge >= 0.3 is 0 Å². The quantitative estimate of drug-likeness (QED) is 0.711. The Balaban J connectivity index is 2.43. The molecular weight excluding hydrogens is 174 g/mol. The highest BCUT2D eigenvalue weighted by Crippen LogP contribution is 2.23. The highest BCUT2D eigenvalue weighted by atomic mass is 32.2. The molecule has 0 aromatic rings. The van der Waals surface area contributed by atoms with Crippen molar-refractivity contribution < 1.29 is 8.42 Å². The third kappa shape index (κ3) is 3.54. The first-order valence-electron chi connectivity index (χ1n) is 4.44. The second-order valence-corrected chi connectivity index (χ2v) is 5.64. The maximum atomic E-state index is 10.9. The number of hydrogen-bond donors (Lipinski definition) is 1. The fraction of sp³-hybridized carbons (Fsp3) is 1.00. The van der Waals surface area contributed by atoms with E-state index in [0.29, 0.717) is 5.92 Å². The lowest BCUT2D eigenvalue weighted by atomic mass is 9.88. The van der Waals surface area contributed by atoms with Gasteiger partial charge in [-0.05, 0) is 18.8 Å². The molecular formula is C8H17NO2S. The molecule has 3 nitrogen and oxygen atoms in total. The minimum absolute atomic E-state index is 0.184. The minimum Gasteiger partial charge on any atom is -0.213 e. The van der Waals surface area contributed by atoms with E-state index in [4.69, 9.17) is 0 Å². The van der Waals surface area contributed by atoms with E-state index in [1.54, 1.807) is 0 Å². The number of hydrogen-bond acceptors (Lipinski definition) is 2. The molecule has 0 aromatic heterocycles. The Bertz CT molecular complexity index is 235. The lowest BCUT2D eigenvalue weighted by Gasteiger charge is -2.26. The molecule has 0 aromatic carbocycles. The Labute approximate surface area is 74.6 Å². The lowest BCUT2D eigenvalue weighted by molar-refractivity contribution is 0.328. The molecule has 1 aliphatic carbocycles. The van der Waals surface area contributed by atoms with E-state index in [1.807, 2.05) is 0 Å². The average Bonchev–Trinajstić information content (AvgIpc) is 1.82. The summed E-state index contributed by atoms with van der Waals surface area (Å²) in [4.78, 5) is 0. The molecule has 0 radical (unpaired) electrons. The molecule has 0 saturated heterocycles. The first-order chi connectivity index (χ1) is 5.47. The standard InChI is InChI=1S/C8H17NO2S/c1-7-4-3-5-8(6-7)9-12(2,10)11/h7-9H,3-6H2,1-2H3/t7-,8-/m1/s1. The third-order valence-corrected chi connectivity index (χ3v) is 3.08. The largest absolute Gasteiger partial charge is 0.213 e. The monoisotopic (exact) mass is 191 g/mol. The van der Waals surface area contributed by atoms with Gasteiger partial charge in [0.15, 0.2) is 0 Å². The van der Waals surface area contributed by atoms with Crippen LogP contribution in [0.4, 0.5) is 0 Å². The predicted octanol–water partition coefficient (Wildman–Crippen LogP) is 1.11. The van der Waals surface area contributed by atoms with Gasteiger partial charge in [-0.1, -0.05) is 19.8 Å². The van der Waals surface area contributed by atoms with Crippen LogP contribution in [0, 0.1) is 5.92 Å². The summed E-state index contributed by atoms with van der Waals surface area (Å²) in [5.74, 6) is 0.665. The lowest BCUT2D eigenvalue weighted by Crippen LogP contribution is -2.37. The Hall–Kier alpha value is -0.0900. The SMILES string of the molecule is C[C@@H]1CCC[C@@H](NS(C)(=O)=O)C1. The second-order valence-electron chi connectivity index (χ2n) is 3.86. The molecule has 0 aliphatic heterocycles. The molecule has 0 spiro atoms. The fourth-order valence-electron chi connectivity index (χ4n) is 1.84. The molecule has 1 aliphatic rings. The smallest absolute Gasteiger partial charge is 0.208 e. The van der Waals surface area contributed by atoms with Crippen LogP contribution in [0.15, 0.2) is 0 Å². The van der Waals surface area contributed by atoms with E-state index >= 15 is 0 Å². The summed E-state index contributed by atoms with van der Waals surface area (Å²) in [6, 6.07) is 0.184. The molecule has 1 saturated carbocycles. The van der Waals surface area contributed by atoms with Crippen molar-refractivity contribution in [3.63, 3.8) is 0 Å². The maximum Gasteiger partial charge on any atom is 0.208 e. The Morgan fingerprint density at radius 3 is 2.50 bits per heavy atom. The van der Waals surface area contributed by atoms with E-state index < -0.39 is 10.0 Å². The molecule has 2 atom stereocenters. The Kier molecular flexibility index (Phi) is 3.12. The van der Waals surface area contributed by atoms with Gasteiger partial charge in [-0.15, -0.1) is 0 Å². The zero-order valence-electron chi connectivity index (χ0n) is 7.71. The summed E-state index contributed by atoms with van der Waals surface area (Å²) in [6.45, 7) is 2.18. The van der Waals surface area contributed by atoms with Crippen molar-refractivity contribution in [1.82, 2.24) is 4.72 Å². The summed E-state index contributed by atoms with van der Waals surface area (Å²) < 4.78 is 24.5. The van der Waals surface area contributed by atoms with Gasteiger partial charge in [0, 0.05) is 6.04 Å². The molecule has 1 N–H and O–H groups in total. The van der Waals surface area contributed by atoms with Crippen LogP contribution in [0.3, 0.4) is 0 Å². The molecule has 1 fully saturated rings. The number of rotatable bonds is 2. The van der Waals surface area contributed by atoms with Crippen LogP contribution in [0.5, 0.6) is 0 Å². The van der Waals surface area contributed by atoms with Crippen molar-refractivity contribution in [1.29, 1.82) is 0 Å². The zero-order valence-corrected chi connectivity index (χ0v) is 8.52.